The Balaban J connectivity index is 1.64. The first-order valence-corrected chi connectivity index (χ1v) is 9.33. The van der Waals surface area contributed by atoms with Gasteiger partial charge in [0.15, 0.2) is 5.75 Å². The molecule has 150 valence electrons. The number of para-hydroxylation sites is 4. The van der Waals surface area contributed by atoms with E-state index in [0.29, 0.717) is 28.4 Å². The Hall–Kier alpha value is -4.24. The zero-order valence-corrected chi connectivity index (χ0v) is 16.2. The Bertz CT molecular complexity index is 1060. The first-order chi connectivity index (χ1) is 14.7. The molecule has 2 amide bonds. The molecule has 3 aromatic carbocycles. The fourth-order valence-electron chi connectivity index (χ4n) is 2.71. The lowest BCUT2D eigenvalue weighted by Gasteiger charge is -2.14. The first kappa shape index (κ1) is 20.5. The van der Waals surface area contributed by atoms with E-state index >= 15 is 0 Å². The number of hydrogen-bond donors (Lipinski definition) is 3. The Morgan fingerprint density at radius 2 is 1.53 bits per heavy atom. The average molecular weight is 399 g/mol. The highest BCUT2D eigenvalue weighted by Crippen LogP contribution is 2.29. The van der Waals surface area contributed by atoms with Gasteiger partial charge in [-0.15, -0.1) is 6.42 Å². The molecule has 0 atom stereocenters. The first-order valence-electron chi connectivity index (χ1n) is 9.33. The van der Waals surface area contributed by atoms with E-state index in [1.54, 1.807) is 36.4 Å². The van der Waals surface area contributed by atoms with Gasteiger partial charge in [0.1, 0.15) is 5.75 Å². The number of benzene rings is 3. The van der Waals surface area contributed by atoms with Crippen LogP contribution in [0.1, 0.15) is 10.4 Å². The van der Waals surface area contributed by atoms with Gasteiger partial charge >= 0.3 is 0 Å². The van der Waals surface area contributed by atoms with Crippen LogP contribution in [0, 0.1) is 12.3 Å². The molecular formula is C24H21N3O3. The van der Waals surface area contributed by atoms with Crippen molar-refractivity contribution < 1.29 is 14.3 Å². The van der Waals surface area contributed by atoms with Crippen molar-refractivity contribution >= 4 is 23.2 Å². The lowest BCUT2D eigenvalue weighted by Crippen LogP contribution is -2.26. The molecule has 0 aliphatic rings. The van der Waals surface area contributed by atoms with Gasteiger partial charge in [0.2, 0.25) is 5.91 Å². The third-order valence-corrected chi connectivity index (χ3v) is 4.09. The highest BCUT2D eigenvalue weighted by Gasteiger charge is 2.12. The topological polar surface area (TPSA) is 79.5 Å². The maximum atomic E-state index is 12.5. The Kier molecular flexibility index (Phi) is 7.07. The molecule has 0 fully saturated rings. The zero-order valence-electron chi connectivity index (χ0n) is 16.2. The van der Waals surface area contributed by atoms with Crippen LogP contribution in [0.5, 0.6) is 11.5 Å². The second-order valence-electron chi connectivity index (χ2n) is 6.25. The smallest absolute Gasteiger partial charge is 0.254 e. The van der Waals surface area contributed by atoms with E-state index in [4.69, 9.17) is 11.2 Å². The lowest BCUT2D eigenvalue weighted by atomic mass is 10.1. The summed E-state index contributed by atoms with van der Waals surface area (Å²) in [5, 5.41) is 8.44. The Morgan fingerprint density at radius 1 is 0.867 bits per heavy atom. The van der Waals surface area contributed by atoms with Crippen LogP contribution in [-0.2, 0) is 4.79 Å². The van der Waals surface area contributed by atoms with E-state index < -0.39 is 0 Å². The van der Waals surface area contributed by atoms with Gasteiger partial charge in [0.25, 0.3) is 5.91 Å². The van der Waals surface area contributed by atoms with Gasteiger partial charge in [-0.05, 0) is 36.4 Å². The Labute approximate surface area is 175 Å². The van der Waals surface area contributed by atoms with E-state index in [9.17, 15) is 9.59 Å². The SMILES string of the molecule is C#CCNC(=O)c1ccccc1NCC(=O)Nc1ccccc1Oc1ccccc1. The van der Waals surface area contributed by atoms with Crippen molar-refractivity contribution in [1.82, 2.24) is 5.32 Å². The van der Waals surface area contributed by atoms with Gasteiger partial charge in [0, 0.05) is 5.69 Å². The van der Waals surface area contributed by atoms with E-state index in [2.05, 4.69) is 21.9 Å². The predicted molar refractivity (Wildman–Crippen MR) is 118 cm³/mol. The number of terminal acetylenes is 1. The van der Waals surface area contributed by atoms with Gasteiger partial charge < -0.3 is 20.7 Å². The summed E-state index contributed by atoms with van der Waals surface area (Å²) < 4.78 is 5.86. The molecule has 0 unspecified atom stereocenters. The van der Waals surface area contributed by atoms with Crippen LogP contribution in [0.2, 0.25) is 0 Å². The fraction of sp³-hybridized carbons (Fsp3) is 0.0833. The summed E-state index contributed by atoms with van der Waals surface area (Å²) in [7, 11) is 0. The predicted octanol–water partition coefficient (Wildman–Crippen LogP) is 3.89. The van der Waals surface area contributed by atoms with E-state index in [-0.39, 0.29) is 24.9 Å². The lowest BCUT2D eigenvalue weighted by molar-refractivity contribution is -0.114. The highest BCUT2D eigenvalue weighted by atomic mass is 16.5. The summed E-state index contributed by atoms with van der Waals surface area (Å²) in [5.41, 5.74) is 1.50. The van der Waals surface area contributed by atoms with Crippen molar-refractivity contribution in [2.75, 3.05) is 23.7 Å². The number of amides is 2. The highest BCUT2D eigenvalue weighted by molar-refractivity contribution is 6.01. The minimum Gasteiger partial charge on any atom is -0.455 e. The van der Waals surface area contributed by atoms with Crippen LogP contribution < -0.4 is 20.7 Å². The van der Waals surface area contributed by atoms with E-state index in [1.807, 2.05) is 42.5 Å². The molecule has 0 radical (unpaired) electrons. The molecule has 6 nitrogen and oxygen atoms in total. The van der Waals surface area contributed by atoms with Gasteiger partial charge in [-0.1, -0.05) is 48.4 Å². The van der Waals surface area contributed by atoms with Gasteiger partial charge in [-0.2, -0.15) is 0 Å². The van der Waals surface area contributed by atoms with Crippen LogP contribution in [0.3, 0.4) is 0 Å². The summed E-state index contributed by atoms with van der Waals surface area (Å²) in [6.07, 6.45) is 5.18. The van der Waals surface area contributed by atoms with Gasteiger partial charge in [0.05, 0.1) is 24.3 Å². The summed E-state index contributed by atoms with van der Waals surface area (Å²) in [6.45, 7) is 0.102. The maximum Gasteiger partial charge on any atom is 0.254 e. The molecule has 0 bridgehead atoms. The van der Waals surface area contributed by atoms with Crippen molar-refractivity contribution in [3.63, 3.8) is 0 Å². The van der Waals surface area contributed by atoms with Crippen molar-refractivity contribution in [2.45, 2.75) is 0 Å². The molecule has 3 rings (SSSR count). The second kappa shape index (κ2) is 10.3. The molecular weight excluding hydrogens is 378 g/mol. The number of carbonyl (C=O) groups is 2. The normalized spacial score (nSPS) is 9.83. The summed E-state index contributed by atoms with van der Waals surface area (Å²) in [4.78, 5) is 24.7. The molecule has 3 aromatic rings. The number of carbonyl (C=O) groups excluding carboxylic acids is 2. The molecule has 6 heteroatoms. The maximum absolute atomic E-state index is 12.5. The fourth-order valence-corrected chi connectivity index (χ4v) is 2.71. The van der Waals surface area contributed by atoms with Crippen LogP contribution >= 0.6 is 0 Å². The standard InChI is InChI=1S/C24H21N3O3/c1-2-16-25-24(29)19-12-6-7-13-20(19)26-17-23(28)27-21-14-8-9-15-22(21)30-18-10-4-3-5-11-18/h1,3-15,26H,16-17H2,(H,25,29)(H,27,28). The average Bonchev–Trinajstić information content (AvgIpc) is 2.78. The van der Waals surface area contributed by atoms with Crippen molar-refractivity contribution in [1.29, 1.82) is 0 Å². The summed E-state index contributed by atoms with van der Waals surface area (Å²) in [5.74, 6) is 2.98. The van der Waals surface area contributed by atoms with Crippen molar-refractivity contribution in [3.8, 4) is 23.8 Å². The van der Waals surface area contributed by atoms with Crippen LogP contribution in [0.4, 0.5) is 11.4 Å². The molecule has 30 heavy (non-hydrogen) atoms. The molecule has 0 heterocycles. The van der Waals surface area contributed by atoms with Crippen molar-refractivity contribution in [3.05, 3.63) is 84.4 Å². The minimum absolute atomic E-state index is 0.0287. The molecule has 0 aliphatic heterocycles. The summed E-state index contributed by atoms with van der Waals surface area (Å²) in [6, 6.07) is 23.4. The number of anilines is 2. The van der Waals surface area contributed by atoms with E-state index in [1.165, 1.54) is 0 Å². The van der Waals surface area contributed by atoms with Crippen LogP contribution in [-0.4, -0.2) is 24.9 Å². The third-order valence-electron chi connectivity index (χ3n) is 4.09. The molecule has 3 N–H and O–H groups in total. The molecule has 0 aromatic heterocycles. The largest absolute Gasteiger partial charge is 0.455 e. The second-order valence-corrected chi connectivity index (χ2v) is 6.25. The molecule has 0 spiro atoms. The van der Waals surface area contributed by atoms with Gasteiger partial charge in [-0.25, -0.2) is 0 Å². The zero-order chi connectivity index (χ0) is 21.2. The van der Waals surface area contributed by atoms with Crippen molar-refractivity contribution in [2.24, 2.45) is 0 Å². The number of ether oxygens (including phenoxy) is 1. The number of rotatable bonds is 8. The number of nitrogens with one attached hydrogen (secondary N) is 3. The van der Waals surface area contributed by atoms with Crippen LogP contribution in [0.15, 0.2) is 78.9 Å². The minimum atomic E-state index is -0.307. The molecule has 0 saturated carbocycles. The molecule has 0 aliphatic carbocycles. The number of hydrogen-bond acceptors (Lipinski definition) is 4. The molecule has 0 saturated heterocycles. The third kappa shape index (κ3) is 5.63. The quantitative estimate of drug-likeness (QED) is 0.502. The van der Waals surface area contributed by atoms with E-state index in [0.717, 1.165) is 0 Å². The Morgan fingerprint density at radius 3 is 2.30 bits per heavy atom. The monoisotopic (exact) mass is 399 g/mol. The van der Waals surface area contributed by atoms with Gasteiger partial charge in [-0.3, -0.25) is 9.59 Å². The summed E-state index contributed by atoms with van der Waals surface area (Å²) >= 11 is 0. The van der Waals surface area contributed by atoms with Crippen LogP contribution in [0.25, 0.3) is 0 Å².